The van der Waals surface area contributed by atoms with Gasteiger partial charge in [0.15, 0.2) is 0 Å². The predicted molar refractivity (Wildman–Crippen MR) is 97.7 cm³/mol. The number of carbonyl (C=O) groups is 1. The van der Waals surface area contributed by atoms with Crippen LogP contribution < -0.4 is 5.32 Å². The predicted octanol–water partition coefficient (Wildman–Crippen LogP) is 3.07. The van der Waals surface area contributed by atoms with Gasteiger partial charge in [-0.25, -0.2) is 4.79 Å². The van der Waals surface area contributed by atoms with E-state index in [-0.39, 0.29) is 18.2 Å². The summed E-state index contributed by atoms with van der Waals surface area (Å²) < 4.78 is 10.7. The molecule has 1 atom stereocenters. The van der Waals surface area contributed by atoms with Gasteiger partial charge in [-0.15, -0.1) is 0 Å². The number of carbonyl (C=O) groups excluding carboxylic acids is 1. The van der Waals surface area contributed by atoms with Crippen LogP contribution in [-0.2, 0) is 9.47 Å². The van der Waals surface area contributed by atoms with Gasteiger partial charge in [-0.2, -0.15) is 0 Å². The average molecular weight is 345 g/mol. The summed E-state index contributed by atoms with van der Waals surface area (Å²) in [6.45, 7) is 4.71. The highest BCUT2D eigenvalue weighted by atomic mass is 16.5. The summed E-state index contributed by atoms with van der Waals surface area (Å²) in [7, 11) is 1.67. The van der Waals surface area contributed by atoms with E-state index in [2.05, 4.69) is 28.5 Å². The molecule has 0 aliphatic carbocycles. The largest absolute Gasteiger partial charge is 0.382 e. The Hall–Kier alpha value is -2.05. The first-order valence-corrected chi connectivity index (χ1v) is 8.90. The molecule has 2 amide bonds. The number of urea groups is 1. The molecule has 1 aliphatic heterocycles. The number of benzene rings is 1. The zero-order chi connectivity index (χ0) is 17.6. The fourth-order valence-electron chi connectivity index (χ4n) is 3.22. The lowest BCUT2D eigenvalue weighted by molar-refractivity contribution is -0.00929. The number of piperidine rings is 1. The number of methoxy groups -OCH3 is 1. The molecule has 1 saturated heterocycles. The van der Waals surface area contributed by atoms with Gasteiger partial charge in [-0.05, 0) is 48.9 Å². The first-order valence-electron chi connectivity index (χ1n) is 8.90. The van der Waals surface area contributed by atoms with Crippen molar-refractivity contribution in [3.63, 3.8) is 0 Å². The van der Waals surface area contributed by atoms with Crippen LogP contribution >= 0.6 is 0 Å². The zero-order valence-electron chi connectivity index (χ0n) is 15.0. The third kappa shape index (κ3) is 4.52. The highest BCUT2D eigenvalue weighted by molar-refractivity contribution is 5.80. The Bertz CT molecular complexity index is 692. The molecule has 1 aromatic heterocycles. The molecular formula is C19H27N3O3. The van der Waals surface area contributed by atoms with Crippen molar-refractivity contribution in [2.75, 3.05) is 33.4 Å². The topological polar surface area (TPSA) is 66.6 Å². The molecule has 0 unspecified atom stereocenters. The van der Waals surface area contributed by atoms with E-state index in [1.165, 1.54) is 0 Å². The lowest BCUT2D eigenvalue weighted by atomic mass is 10.1. The van der Waals surface area contributed by atoms with Crippen molar-refractivity contribution in [2.24, 2.45) is 0 Å². The fourth-order valence-corrected chi connectivity index (χ4v) is 3.22. The molecule has 136 valence electrons. The maximum Gasteiger partial charge on any atom is 0.317 e. The minimum atomic E-state index is -0.0255. The quantitative estimate of drug-likeness (QED) is 0.791. The monoisotopic (exact) mass is 345 g/mol. The first-order chi connectivity index (χ1) is 12.2. The van der Waals surface area contributed by atoms with Crippen LogP contribution in [0.3, 0.4) is 0 Å². The number of rotatable bonds is 6. The van der Waals surface area contributed by atoms with E-state index in [0.717, 1.165) is 42.4 Å². The van der Waals surface area contributed by atoms with Gasteiger partial charge in [0.2, 0.25) is 0 Å². The number of fused-ring (bicyclic) bond motifs is 1. The summed E-state index contributed by atoms with van der Waals surface area (Å²) in [6, 6.07) is 8.24. The van der Waals surface area contributed by atoms with Crippen LogP contribution in [0.15, 0.2) is 30.5 Å². The minimum Gasteiger partial charge on any atom is -0.382 e. The van der Waals surface area contributed by atoms with Crippen molar-refractivity contribution in [1.82, 2.24) is 15.2 Å². The maximum absolute atomic E-state index is 12.5. The number of hydrogen-bond donors (Lipinski definition) is 2. The van der Waals surface area contributed by atoms with Crippen LogP contribution in [0.2, 0.25) is 0 Å². The van der Waals surface area contributed by atoms with Crippen LogP contribution in [0, 0.1) is 0 Å². The molecule has 2 aromatic rings. The molecule has 0 spiro atoms. The summed E-state index contributed by atoms with van der Waals surface area (Å²) in [5, 5.41) is 4.27. The Balaban J connectivity index is 1.48. The Kier molecular flexibility index (Phi) is 5.94. The molecule has 1 fully saturated rings. The summed E-state index contributed by atoms with van der Waals surface area (Å²) >= 11 is 0. The highest BCUT2D eigenvalue weighted by Crippen LogP contribution is 2.20. The number of nitrogens with zero attached hydrogens (tertiary/aromatic N) is 1. The molecule has 6 heteroatoms. The van der Waals surface area contributed by atoms with Crippen LogP contribution in [-0.4, -0.2) is 55.4 Å². The van der Waals surface area contributed by atoms with Crippen LogP contribution in [0.1, 0.15) is 31.4 Å². The normalized spacial score (nSPS) is 17.0. The van der Waals surface area contributed by atoms with E-state index in [4.69, 9.17) is 9.47 Å². The lowest BCUT2D eigenvalue weighted by Gasteiger charge is -2.32. The van der Waals surface area contributed by atoms with E-state index in [9.17, 15) is 4.79 Å². The molecular weight excluding hydrogens is 318 g/mol. The Morgan fingerprint density at radius 3 is 2.88 bits per heavy atom. The first kappa shape index (κ1) is 17.8. The average Bonchev–Trinajstić information content (AvgIpc) is 3.10. The molecule has 0 bridgehead atoms. The van der Waals surface area contributed by atoms with Gasteiger partial charge in [0.1, 0.15) is 0 Å². The Labute approximate surface area is 148 Å². The molecule has 1 aliphatic rings. The van der Waals surface area contributed by atoms with Crippen molar-refractivity contribution in [1.29, 1.82) is 0 Å². The van der Waals surface area contributed by atoms with Gasteiger partial charge in [0.25, 0.3) is 0 Å². The number of aromatic amines is 1. The van der Waals surface area contributed by atoms with Crippen LogP contribution in [0.4, 0.5) is 4.79 Å². The number of ether oxygens (including phenoxy) is 2. The standard InChI is InChI=1S/C19H27N3O3/c1-14(15-3-4-18-16(13-15)5-8-20-18)21-19(23)22-9-6-17(7-10-22)25-12-11-24-2/h3-5,8,13-14,17,20H,6-7,9-12H2,1-2H3,(H,21,23)/t14-/m0/s1. The lowest BCUT2D eigenvalue weighted by Crippen LogP contribution is -2.46. The molecule has 25 heavy (non-hydrogen) atoms. The summed E-state index contributed by atoms with van der Waals surface area (Å²) in [5.74, 6) is 0. The van der Waals surface area contributed by atoms with Gasteiger partial charge in [-0.3, -0.25) is 0 Å². The second-order valence-electron chi connectivity index (χ2n) is 6.55. The SMILES string of the molecule is COCCOC1CCN(C(=O)N[C@@H](C)c2ccc3[nH]ccc3c2)CC1. The Morgan fingerprint density at radius 2 is 2.12 bits per heavy atom. The van der Waals surface area contributed by atoms with Crippen LogP contribution in [0.25, 0.3) is 10.9 Å². The van der Waals surface area contributed by atoms with E-state index >= 15 is 0 Å². The van der Waals surface area contributed by atoms with Crippen molar-refractivity contribution in [2.45, 2.75) is 31.9 Å². The number of H-pyrrole nitrogens is 1. The van der Waals surface area contributed by atoms with E-state index in [1.807, 2.05) is 24.1 Å². The van der Waals surface area contributed by atoms with Gasteiger partial charge in [0, 0.05) is 31.9 Å². The fraction of sp³-hybridized carbons (Fsp3) is 0.526. The van der Waals surface area contributed by atoms with Gasteiger partial charge < -0.3 is 24.7 Å². The number of likely N-dealkylation sites (tertiary alicyclic amines) is 1. The number of hydrogen-bond acceptors (Lipinski definition) is 3. The van der Waals surface area contributed by atoms with Crippen LogP contribution in [0.5, 0.6) is 0 Å². The molecule has 6 nitrogen and oxygen atoms in total. The highest BCUT2D eigenvalue weighted by Gasteiger charge is 2.24. The van der Waals surface area contributed by atoms with Crippen molar-refractivity contribution >= 4 is 16.9 Å². The summed E-state index contributed by atoms with van der Waals surface area (Å²) in [4.78, 5) is 17.6. The molecule has 0 saturated carbocycles. The van der Waals surface area contributed by atoms with E-state index < -0.39 is 0 Å². The van der Waals surface area contributed by atoms with Crippen molar-refractivity contribution in [3.05, 3.63) is 36.0 Å². The number of amides is 2. The molecule has 2 heterocycles. The molecule has 1 aromatic carbocycles. The third-order valence-electron chi connectivity index (χ3n) is 4.79. The molecule has 2 N–H and O–H groups in total. The maximum atomic E-state index is 12.5. The summed E-state index contributed by atoms with van der Waals surface area (Å²) in [5.41, 5.74) is 2.22. The molecule has 0 radical (unpaired) electrons. The number of aromatic nitrogens is 1. The van der Waals surface area contributed by atoms with Gasteiger partial charge >= 0.3 is 6.03 Å². The smallest absolute Gasteiger partial charge is 0.317 e. The summed E-state index contributed by atoms with van der Waals surface area (Å²) in [6.07, 6.45) is 3.91. The Morgan fingerprint density at radius 1 is 1.32 bits per heavy atom. The zero-order valence-corrected chi connectivity index (χ0v) is 15.0. The second-order valence-corrected chi connectivity index (χ2v) is 6.55. The molecule has 3 rings (SSSR count). The second kappa shape index (κ2) is 8.36. The van der Waals surface area contributed by atoms with Gasteiger partial charge in [-0.1, -0.05) is 6.07 Å². The van der Waals surface area contributed by atoms with E-state index in [1.54, 1.807) is 7.11 Å². The van der Waals surface area contributed by atoms with Gasteiger partial charge in [0.05, 0.1) is 25.4 Å². The third-order valence-corrected chi connectivity index (χ3v) is 4.79. The van der Waals surface area contributed by atoms with E-state index in [0.29, 0.717) is 13.2 Å². The van der Waals surface area contributed by atoms with Crippen molar-refractivity contribution in [3.8, 4) is 0 Å². The van der Waals surface area contributed by atoms with Crippen molar-refractivity contribution < 1.29 is 14.3 Å². The minimum absolute atomic E-state index is 0.00277. The number of nitrogens with one attached hydrogen (secondary N) is 2.